The summed E-state index contributed by atoms with van der Waals surface area (Å²) in [6, 6.07) is 7.40. The summed E-state index contributed by atoms with van der Waals surface area (Å²) in [6.07, 6.45) is 2.01. The maximum atomic E-state index is 12.3. The number of esters is 1. The SMILES string of the molecule is CNCC(=Cc1cccc(C(=O)OC(C)(C)C)c1)B1OC(C)(C)C(C)(C)O1. The smallest absolute Gasteiger partial charge is 0.456 e. The Bertz CT molecular complexity index is 703. The van der Waals surface area contributed by atoms with Gasteiger partial charge in [-0.1, -0.05) is 18.2 Å². The molecule has 1 aromatic rings. The Kier molecular flexibility index (Phi) is 6.24. The summed E-state index contributed by atoms with van der Waals surface area (Å²) in [5.74, 6) is -0.330. The Morgan fingerprint density at radius 1 is 1.19 bits per heavy atom. The van der Waals surface area contributed by atoms with Crippen LogP contribution >= 0.6 is 0 Å². The van der Waals surface area contributed by atoms with E-state index in [2.05, 4.69) is 5.32 Å². The van der Waals surface area contributed by atoms with E-state index < -0.39 is 23.9 Å². The highest BCUT2D eigenvalue weighted by Gasteiger charge is 2.52. The van der Waals surface area contributed by atoms with E-state index in [1.807, 2.05) is 79.8 Å². The molecule has 0 aromatic heterocycles. The first-order chi connectivity index (χ1) is 12.3. The Morgan fingerprint density at radius 2 is 1.78 bits per heavy atom. The van der Waals surface area contributed by atoms with Crippen LogP contribution in [-0.2, 0) is 14.0 Å². The van der Waals surface area contributed by atoms with Crippen molar-refractivity contribution in [2.45, 2.75) is 65.3 Å². The lowest BCUT2D eigenvalue weighted by molar-refractivity contribution is 0.00578. The second-order valence-electron chi connectivity index (χ2n) is 8.97. The summed E-state index contributed by atoms with van der Waals surface area (Å²) in [5.41, 5.74) is 1.07. The zero-order valence-corrected chi connectivity index (χ0v) is 17.8. The number of hydrogen-bond acceptors (Lipinski definition) is 5. The van der Waals surface area contributed by atoms with Crippen LogP contribution in [-0.4, -0.2) is 43.5 Å². The van der Waals surface area contributed by atoms with Gasteiger partial charge in [-0.25, -0.2) is 4.79 Å². The van der Waals surface area contributed by atoms with Crippen LogP contribution in [0.4, 0.5) is 0 Å². The number of rotatable bonds is 5. The number of carbonyl (C=O) groups excluding carboxylic acids is 1. The predicted octanol–water partition coefficient (Wildman–Crippen LogP) is 3.88. The molecule has 0 unspecified atom stereocenters. The zero-order chi connectivity index (χ0) is 20.5. The third kappa shape index (κ3) is 5.44. The molecule has 6 heteroatoms. The lowest BCUT2D eigenvalue weighted by Gasteiger charge is -2.32. The summed E-state index contributed by atoms with van der Waals surface area (Å²) in [4.78, 5) is 12.3. The van der Waals surface area contributed by atoms with Crippen LogP contribution in [0.25, 0.3) is 6.08 Å². The number of benzene rings is 1. The Hall–Kier alpha value is -1.63. The maximum Gasteiger partial charge on any atom is 0.491 e. The van der Waals surface area contributed by atoms with Crippen LogP contribution in [0.3, 0.4) is 0 Å². The van der Waals surface area contributed by atoms with Gasteiger partial charge in [-0.2, -0.15) is 0 Å². The highest BCUT2D eigenvalue weighted by molar-refractivity contribution is 6.55. The van der Waals surface area contributed by atoms with Crippen molar-refractivity contribution in [3.63, 3.8) is 0 Å². The third-order valence-corrected chi connectivity index (χ3v) is 4.81. The Morgan fingerprint density at radius 3 is 2.30 bits per heavy atom. The van der Waals surface area contributed by atoms with Crippen LogP contribution in [0.2, 0.25) is 0 Å². The van der Waals surface area contributed by atoms with Crippen molar-refractivity contribution in [2.24, 2.45) is 0 Å². The fourth-order valence-electron chi connectivity index (χ4n) is 2.71. The lowest BCUT2D eigenvalue weighted by atomic mass is 9.77. The minimum Gasteiger partial charge on any atom is -0.456 e. The molecule has 148 valence electrons. The molecule has 0 spiro atoms. The predicted molar refractivity (Wildman–Crippen MR) is 110 cm³/mol. The van der Waals surface area contributed by atoms with E-state index in [1.54, 1.807) is 6.07 Å². The van der Waals surface area contributed by atoms with Crippen LogP contribution in [0.15, 0.2) is 29.7 Å². The maximum absolute atomic E-state index is 12.3. The van der Waals surface area contributed by atoms with Crippen molar-refractivity contribution in [1.82, 2.24) is 5.32 Å². The summed E-state index contributed by atoms with van der Waals surface area (Å²) in [6.45, 7) is 14.3. The topological polar surface area (TPSA) is 56.8 Å². The van der Waals surface area contributed by atoms with Crippen molar-refractivity contribution >= 4 is 19.2 Å². The van der Waals surface area contributed by atoms with Crippen molar-refractivity contribution in [3.05, 3.63) is 40.9 Å². The van der Waals surface area contributed by atoms with E-state index in [0.717, 1.165) is 11.0 Å². The first-order valence-electron chi connectivity index (χ1n) is 9.39. The lowest BCUT2D eigenvalue weighted by Crippen LogP contribution is -2.41. The molecule has 0 aliphatic carbocycles. The third-order valence-electron chi connectivity index (χ3n) is 4.81. The molecule has 0 bridgehead atoms. The minimum atomic E-state index is -0.525. The van der Waals surface area contributed by atoms with E-state index >= 15 is 0 Å². The average Bonchev–Trinajstić information content (AvgIpc) is 2.73. The van der Waals surface area contributed by atoms with Gasteiger partial charge >= 0.3 is 13.1 Å². The fraction of sp³-hybridized carbons (Fsp3) is 0.571. The van der Waals surface area contributed by atoms with E-state index in [9.17, 15) is 4.79 Å². The monoisotopic (exact) mass is 373 g/mol. The van der Waals surface area contributed by atoms with Crippen LogP contribution in [0.1, 0.15) is 64.4 Å². The Balaban J connectivity index is 2.29. The summed E-state index contributed by atoms with van der Waals surface area (Å²) >= 11 is 0. The Labute approximate surface area is 163 Å². The van der Waals surface area contributed by atoms with Gasteiger partial charge < -0.3 is 19.4 Å². The zero-order valence-electron chi connectivity index (χ0n) is 17.8. The highest BCUT2D eigenvalue weighted by Crippen LogP contribution is 2.38. The molecule has 1 heterocycles. The molecule has 5 nitrogen and oxygen atoms in total. The summed E-state index contributed by atoms with van der Waals surface area (Å²) in [7, 11) is 1.45. The van der Waals surface area contributed by atoms with Crippen molar-refractivity contribution in [2.75, 3.05) is 13.6 Å². The largest absolute Gasteiger partial charge is 0.491 e. The van der Waals surface area contributed by atoms with Gasteiger partial charge in [0, 0.05) is 6.54 Å². The second-order valence-corrected chi connectivity index (χ2v) is 8.97. The minimum absolute atomic E-state index is 0.330. The van der Waals surface area contributed by atoms with E-state index in [-0.39, 0.29) is 5.97 Å². The van der Waals surface area contributed by atoms with E-state index in [1.165, 1.54) is 0 Å². The summed E-state index contributed by atoms with van der Waals surface area (Å²) < 4.78 is 17.8. The first-order valence-corrected chi connectivity index (χ1v) is 9.39. The van der Waals surface area contributed by atoms with Gasteiger partial charge in [0.25, 0.3) is 0 Å². The van der Waals surface area contributed by atoms with Crippen LogP contribution in [0.5, 0.6) is 0 Å². The molecule has 1 aliphatic heterocycles. The van der Waals surface area contributed by atoms with Gasteiger partial charge in [0.2, 0.25) is 0 Å². The number of hydrogen-bond donors (Lipinski definition) is 1. The molecule has 1 fully saturated rings. The molecule has 0 saturated carbocycles. The second kappa shape index (κ2) is 7.78. The van der Waals surface area contributed by atoms with Gasteiger partial charge in [-0.05, 0) is 78.7 Å². The van der Waals surface area contributed by atoms with Crippen LogP contribution in [0, 0.1) is 0 Å². The van der Waals surface area contributed by atoms with Gasteiger partial charge in [0.15, 0.2) is 0 Å². The molecule has 27 heavy (non-hydrogen) atoms. The van der Waals surface area contributed by atoms with Gasteiger partial charge in [-0.3, -0.25) is 0 Å². The molecule has 1 aromatic carbocycles. The molecule has 1 saturated heterocycles. The molecule has 2 rings (SSSR count). The molecule has 1 aliphatic rings. The van der Waals surface area contributed by atoms with E-state index in [0.29, 0.717) is 12.1 Å². The number of nitrogens with one attached hydrogen (secondary N) is 1. The fourth-order valence-corrected chi connectivity index (χ4v) is 2.71. The van der Waals surface area contributed by atoms with Gasteiger partial charge in [0.05, 0.1) is 16.8 Å². The van der Waals surface area contributed by atoms with Gasteiger partial charge in [-0.15, -0.1) is 0 Å². The highest BCUT2D eigenvalue weighted by atomic mass is 16.7. The van der Waals surface area contributed by atoms with E-state index in [4.69, 9.17) is 14.0 Å². The van der Waals surface area contributed by atoms with Crippen LogP contribution < -0.4 is 5.32 Å². The van der Waals surface area contributed by atoms with Crippen molar-refractivity contribution < 1.29 is 18.8 Å². The van der Waals surface area contributed by atoms with Gasteiger partial charge in [0.1, 0.15) is 5.60 Å². The molecule has 0 amide bonds. The number of ether oxygens (including phenoxy) is 1. The molecular weight excluding hydrogens is 341 g/mol. The number of carbonyl (C=O) groups is 1. The standard InChI is InChI=1S/C21H32BNO4/c1-19(2,3)25-18(24)16-11-9-10-15(12-16)13-17(14-23-8)22-26-20(4,5)21(6,7)27-22/h9-13,23H,14H2,1-8H3. The quantitative estimate of drug-likeness (QED) is 0.627. The number of likely N-dealkylation sites (N-methyl/N-ethyl adjacent to an activating group) is 1. The molecular formula is C21H32BNO4. The average molecular weight is 373 g/mol. The normalized spacial score (nSPS) is 19.3. The van der Waals surface area contributed by atoms with Crippen molar-refractivity contribution in [1.29, 1.82) is 0 Å². The molecule has 1 N–H and O–H groups in total. The molecule has 0 atom stereocenters. The summed E-state index contributed by atoms with van der Waals surface area (Å²) in [5, 5.41) is 3.17. The van der Waals surface area contributed by atoms with Crippen molar-refractivity contribution in [3.8, 4) is 0 Å². The molecule has 0 radical (unpaired) electrons. The first kappa shape index (κ1) is 21.7.